The van der Waals surface area contributed by atoms with Gasteiger partial charge in [-0.1, -0.05) is 12.1 Å². The number of fused-ring (bicyclic) bond motifs is 7. The molecule has 2 atom stereocenters. The van der Waals surface area contributed by atoms with Crippen LogP contribution in [0.2, 0.25) is 0 Å². The summed E-state index contributed by atoms with van der Waals surface area (Å²) in [7, 11) is 1.49. The maximum atomic E-state index is 13.8. The molecule has 3 amide bonds. The highest BCUT2D eigenvalue weighted by Gasteiger charge is 2.45. The van der Waals surface area contributed by atoms with Gasteiger partial charge in [-0.25, -0.2) is 0 Å². The van der Waals surface area contributed by atoms with E-state index in [2.05, 4.69) is 15.5 Å². The van der Waals surface area contributed by atoms with Crippen molar-refractivity contribution in [3.05, 3.63) is 53.6 Å². The van der Waals surface area contributed by atoms with Gasteiger partial charge in [-0.05, 0) is 49.7 Å². The molecule has 6 rings (SSSR count). The van der Waals surface area contributed by atoms with Crippen LogP contribution in [0.4, 0.5) is 0 Å². The first kappa shape index (κ1) is 27.7. The van der Waals surface area contributed by atoms with E-state index >= 15 is 0 Å². The summed E-state index contributed by atoms with van der Waals surface area (Å²) in [6.45, 7) is 7.14. The second kappa shape index (κ2) is 11.7. The van der Waals surface area contributed by atoms with Gasteiger partial charge in [-0.3, -0.25) is 19.3 Å². The predicted molar refractivity (Wildman–Crippen MR) is 145 cm³/mol. The van der Waals surface area contributed by atoms with E-state index in [1.54, 1.807) is 23.1 Å². The summed E-state index contributed by atoms with van der Waals surface area (Å²) in [5.41, 5.74) is 0.501. The van der Waals surface area contributed by atoms with Crippen LogP contribution >= 0.6 is 0 Å². The molecule has 0 spiro atoms. The molecular formula is C29H36N4O7. The zero-order chi connectivity index (χ0) is 28.3. The van der Waals surface area contributed by atoms with Gasteiger partial charge in [-0.15, -0.1) is 0 Å². The number of carbonyl (C=O) groups is 3. The van der Waals surface area contributed by atoms with Crippen molar-refractivity contribution in [1.29, 1.82) is 0 Å². The Morgan fingerprint density at radius 1 is 1.05 bits per heavy atom. The largest absolute Gasteiger partial charge is 0.493 e. The van der Waals surface area contributed by atoms with E-state index in [1.807, 2.05) is 38.1 Å². The molecule has 2 saturated heterocycles. The van der Waals surface area contributed by atoms with Gasteiger partial charge >= 0.3 is 0 Å². The summed E-state index contributed by atoms with van der Waals surface area (Å²) in [6, 6.07) is 11.7. The topological polar surface area (TPSA) is 119 Å². The molecule has 2 N–H and O–H groups in total. The molecule has 40 heavy (non-hydrogen) atoms. The van der Waals surface area contributed by atoms with Crippen molar-refractivity contribution < 1.29 is 33.3 Å². The highest BCUT2D eigenvalue weighted by atomic mass is 16.5. The minimum absolute atomic E-state index is 0.0203. The van der Waals surface area contributed by atoms with Crippen molar-refractivity contribution in [3.8, 4) is 17.2 Å². The summed E-state index contributed by atoms with van der Waals surface area (Å²) < 4.78 is 22.9. The third-order valence-corrected chi connectivity index (χ3v) is 7.68. The van der Waals surface area contributed by atoms with Crippen LogP contribution in [0.25, 0.3) is 0 Å². The van der Waals surface area contributed by atoms with Gasteiger partial charge in [-0.2, -0.15) is 0 Å². The number of benzene rings is 2. The molecule has 2 fully saturated rings. The van der Waals surface area contributed by atoms with Gasteiger partial charge in [0.05, 0.1) is 38.4 Å². The number of ether oxygens (including phenoxy) is 4. The van der Waals surface area contributed by atoms with E-state index < -0.39 is 17.7 Å². The fourth-order valence-corrected chi connectivity index (χ4v) is 5.28. The average molecular weight is 553 g/mol. The molecule has 11 heteroatoms. The third kappa shape index (κ3) is 6.00. The Balaban J connectivity index is 1.42. The summed E-state index contributed by atoms with van der Waals surface area (Å²) in [6.07, 6.45) is -0.469. The number of rotatable bonds is 3. The van der Waals surface area contributed by atoms with Crippen LogP contribution in [0.5, 0.6) is 17.2 Å². The second-order valence-electron chi connectivity index (χ2n) is 10.7. The minimum Gasteiger partial charge on any atom is -0.493 e. The first-order valence-electron chi connectivity index (χ1n) is 13.5. The van der Waals surface area contributed by atoms with Gasteiger partial charge in [0.15, 0.2) is 18.1 Å². The second-order valence-corrected chi connectivity index (χ2v) is 10.7. The maximum Gasteiger partial charge on any atom is 0.258 e. The van der Waals surface area contributed by atoms with Crippen LogP contribution in [0.15, 0.2) is 42.5 Å². The summed E-state index contributed by atoms with van der Waals surface area (Å²) in [4.78, 5) is 43.5. The molecule has 0 unspecified atom stereocenters. The Bertz CT molecular complexity index is 1240. The molecule has 0 saturated carbocycles. The van der Waals surface area contributed by atoms with Crippen molar-refractivity contribution in [2.45, 2.75) is 38.1 Å². The van der Waals surface area contributed by atoms with Crippen molar-refractivity contribution in [3.63, 3.8) is 0 Å². The van der Waals surface area contributed by atoms with Crippen molar-refractivity contribution in [2.75, 3.05) is 53.1 Å². The fourth-order valence-electron chi connectivity index (χ4n) is 5.28. The first-order chi connectivity index (χ1) is 19.2. The molecule has 214 valence electrons. The number of likely N-dealkylation sites (tertiary alicyclic amines) is 1. The number of methoxy groups -OCH3 is 1. The van der Waals surface area contributed by atoms with E-state index in [9.17, 15) is 14.4 Å². The number of morpholine rings is 1. The quantitative estimate of drug-likeness (QED) is 0.584. The Hall–Kier alpha value is -3.83. The Morgan fingerprint density at radius 2 is 1.80 bits per heavy atom. The maximum absolute atomic E-state index is 13.8. The van der Waals surface area contributed by atoms with Crippen LogP contribution in [0.1, 0.15) is 29.8 Å². The summed E-state index contributed by atoms with van der Waals surface area (Å²) in [5.74, 6) is 0.620. The van der Waals surface area contributed by atoms with E-state index in [-0.39, 0.29) is 30.1 Å². The number of amides is 3. The molecule has 4 bridgehead atoms. The van der Waals surface area contributed by atoms with Crippen LogP contribution in [-0.4, -0.2) is 98.3 Å². The Kier molecular flexibility index (Phi) is 8.13. The van der Waals surface area contributed by atoms with Crippen LogP contribution in [0.3, 0.4) is 0 Å². The molecule has 4 aliphatic rings. The molecule has 11 nitrogen and oxygen atoms in total. The highest BCUT2D eigenvalue weighted by Crippen LogP contribution is 2.29. The number of nitrogens with one attached hydrogen (secondary N) is 2. The van der Waals surface area contributed by atoms with Gasteiger partial charge in [0.2, 0.25) is 5.91 Å². The normalized spacial score (nSPS) is 22.3. The Labute approximate surface area is 233 Å². The fraction of sp³-hybridized carbons (Fsp3) is 0.483. The standard InChI is InChI=1S/C29H36N4O7/c1-29(2,33-10-12-38-13-11-33)28(36)32-16-22-25(17-32)40-21-7-4-19(5-8-21)15-30-26(34)18-39-24-14-20(27(35)31-22)6-9-23(24)37-3/h4-9,14,22,25H,10-13,15-18H2,1-3H3,(H,30,34)(H,31,35)/t22-,25-/m0/s1. The Morgan fingerprint density at radius 3 is 2.52 bits per heavy atom. The molecule has 4 heterocycles. The molecule has 4 aliphatic heterocycles. The number of carbonyl (C=O) groups excluding carboxylic acids is 3. The highest BCUT2D eigenvalue weighted by molar-refractivity contribution is 5.95. The van der Waals surface area contributed by atoms with Crippen molar-refractivity contribution in [2.24, 2.45) is 0 Å². The van der Waals surface area contributed by atoms with E-state index in [4.69, 9.17) is 18.9 Å². The lowest BCUT2D eigenvalue weighted by Crippen LogP contribution is -2.58. The SMILES string of the molecule is COc1ccc2cc1OCC(=O)NCc1ccc(cc1)O[C@H]1CN(C(=O)C(C)(C)N3CCOCC3)C[C@@H]1NC2=O. The van der Waals surface area contributed by atoms with Gasteiger partial charge in [0, 0.05) is 31.7 Å². The zero-order valence-electron chi connectivity index (χ0n) is 23.1. The number of nitrogens with zero attached hydrogens (tertiary/aromatic N) is 2. The number of hydrogen-bond acceptors (Lipinski definition) is 8. The summed E-state index contributed by atoms with van der Waals surface area (Å²) in [5, 5.41) is 5.89. The van der Waals surface area contributed by atoms with E-state index in [1.165, 1.54) is 7.11 Å². The summed E-state index contributed by atoms with van der Waals surface area (Å²) >= 11 is 0. The van der Waals surface area contributed by atoms with Gasteiger partial charge < -0.3 is 34.5 Å². The molecule has 2 aromatic rings. The molecule has 0 aliphatic carbocycles. The number of hydrogen-bond donors (Lipinski definition) is 2. The molecule has 0 radical (unpaired) electrons. The van der Waals surface area contributed by atoms with Crippen molar-refractivity contribution >= 4 is 17.7 Å². The van der Waals surface area contributed by atoms with Gasteiger partial charge in [0.1, 0.15) is 11.9 Å². The predicted octanol–water partition coefficient (Wildman–Crippen LogP) is 1.20. The van der Waals surface area contributed by atoms with E-state index in [0.717, 1.165) is 5.56 Å². The lowest BCUT2D eigenvalue weighted by molar-refractivity contribution is -0.144. The van der Waals surface area contributed by atoms with Crippen LogP contribution in [0, 0.1) is 0 Å². The minimum atomic E-state index is -0.727. The molecule has 2 aromatic carbocycles. The lowest BCUT2D eigenvalue weighted by Gasteiger charge is -2.41. The molecule has 0 aromatic heterocycles. The molecular weight excluding hydrogens is 516 g/mol. The smallest absolute Gasteiger partial charge is 0.258 e. The first-order valence-corrected chi connectivity index (χ1v) is 13.5. The third-order valence-electron chi connectivity index (χ3n) is 7.68. The zero-order valence-corrected chi connectivity index (χ0v) is 23.1. The van der Waals surface area contributed by atoms with Crippen LogP contribution in [-0.2, 0) is 20.9 Å². The van der Waals surface area contributed by atoms with Crippen LogP contribution < -0.4 is 24.8 Å². The van der Waals surface area contributed by atoms with Gasteiger partial charge in [0.25, 0.3) is 11.8 Å². The lowest BCUT2D eigenvalue weighted by atomic mass is 10.00. The van der Waals surface area contributed by atoms with E-state index in [0.29, 0.717) is 63.0 Å². The average Bonchev–Trinajstić information content (AvgIpc) is 3.36. The monoisotopic (exact) mass is 552 g/mol. The van der Waals surface area contributed by atoms with Crippen molar-refractivity contribution in [1.82, 2.24) is 20.4 Å².